The van der Waals surface area contributed by atoms with Gasteiger partial charge in [0.05, 0.1) is 0 Å². The standard InChI is InChI=1S/C4H8N2/c1-4(5-2)6-3/h2H2,1,3H3. The number of nitrogens with zero attached hydrogens (tertiary/aromatic N) is 2. The topological polar surface area (TPSA) is 24.7 Å². The summed E-state index contributed by atoms with van der Waals surface area (Å²) in [5.41, 5.74) is 0. The van der Waals surface area contributed by atoms with Crippen molar-refractivity contribution in [3.63, 3.8) is 0 Å². The van der Waals surface area contributed by atoms with E-state index in [0.29, 0.717) is 0 Å². The molecule has 0 aromatic carbocycles. The third-order valence-corrected chi connectivity index (χ3v) is 0.552. The van der Waals surface area contributed by atoms with Crippen molar-refractivity contribution in [1.29, 1.82) is 0 Å². The molecule has 6 heavy (non-hydrogen) atoms. The second kappa shape index (κ2) is 2.57. The third-order valence-electron chi connectivity index (χ3n) is 0.552. The fourth-order valence-electron chi connectivity index (χ4n) is 0.0707. The molecule has 0 fully saturated rings. The lowest BCUT2D eigenvalue weighted by Gasteiger charge is -1.78. The van der Waals surface area contributed by atoms with E-state index in [1.54, 1.807) is 14.0 Å². The van der Waals surface area contributed by atoms with Crippen LogP contribution in [0.25, 0.3) is 0 Å². The monoisotopic (exact) mass is 84.1 g/mol. The molecule has 0 bridgehead atoms. The number of rotatable bonds is 0. The van der Waals surface area contributed by atoms with E-state index in [-0.39, 0.29) is 0 Å². The molecule has 2 heteroatoms. The Kier molecular flexibility index (Phi) is 2.29. The predicted octanol–water partition coefficient (Wildman–Crippen LogP) is 0.735. The summed E-state index contributed by atoms with van der Waals surface area (Å²) in [4.78, 5) is 7.20. The minimum absolute atomic E-state index is 0.731. The summed E-state index contributed by atoms with van der Waals surface area (Å²) in [7, 11) is 1.68. The molecule has 0 saturated carbocycles. The van der Waals surface area contributed by atoms with Gasteiger partial charge in [0, 0.05) is 7.05 Å². The Hall–Kier alpha value is -0.660. The first-order valence-corrected chi connectivity index (χ1v) is 1.71. The molecule has 0 atom stereocenters. The van der Waals surface area contributed by atoms with Gasteiger partial charge in [-0.15, -0.1) is 0 Å². The van der Waals surface area contributed by atoms with Crippen molar-refractivity contribution in [3.05, 3.63) is 0 Å². The van der Waals surface area contributed by atoms with E-state index in [2.05, 4.69) is 16.7 Å². The van der Waals surface area contributed by atoms with Gasteiger partial charge < -0.3 is 0 Å². The number of hydrogen-bond donors (Lipinski definition) is 0. The smallest absolute Gasteiger partial charge is 0.119 e. The summed E-state index contributed by atoms with van der Waals surface area (Å²) >= 11 is 0. The van der Waals surface area contributed by atoms with Crippen molar-refractivity contribution in [2.24, 2.45) is 9.98 Å². The molecule has 0 aromatic rings. The first kappa shape index (κ1) is 5.34. The summed E-state index contributed by atoms with van der Waals surface area (Å²) in [6.45, 7) is 5.05. The van der Waals surface area contributed by atoms with Crippen LogP contribution in [0.15, 0.2) is 9.98 Å². The van der Waals surface area contributed by atoms with Crippen LogP contribution in [-0.4, -0.2) is 19.6 Å². The van der Waals surface area contributed by atoms with Gasteiger partial charge in [-0.3, -0.25) is 4.99 Å². The summed E-state index contributed by atoms with van der Waals surface area (Å²) in [6.07, 6.45) is 0. The lowest BCUT2D eigenvalue weighted by molar-refractivity contribution is 1.39. The highest BCUT2D eigenvalue weighted by atomic mass is 14.9. The Bertz CT molecular complexity index is 73.6. The predicted molar refractivity (Wildman–Crippen MR) is 28.6 cm³/mol. The van der Waals surface area contributed by atoms with Crippen LogP contribution in [-0.2, 0) is 0 Å². The Morgan fingerprint density at radius 2 is 2.17 bits per heavy atom. The molecule has 0 spiro atoms. The molecular weight excluding hydrogens is 76.1 g/mol. The van der Waals surface area contributed by atoms with Gasteiger partial charge in [-0.2, -0.15) is 0 Å². The summed E-state index contributed by atoms with van der Waals surface area (Å²) in [5.74, 6) is 0.731. The van der Waals surface area contributed by atoms with Crippen LogP contribution in [0.1, 0.15) is 6.92 Å². The fraction of sp³-hybridized carbons (Fsp3) is 0.500. The van der Waals surface area contributed by atoms with Crippen molar-refractivity contribution in [2.45, 2.75) is 6.92 Å². The molecule has 2 nitrogen and oxygen atoms in total. The molecule has 0 unspecified atom stereocenters. The fourth-order valence-corrected chi connectivity index (χ4v) is 0.0707. The Morgan fingerprint density at radius 1 is 1.67 bits per heavy atom. The van der Waals surface area contributed by atoms with Gasteiger partial charge in [0.25, 0.3) is 0 Å². The molecule has 0 aliphatic carbocycles. The molecule has 0 amide bonds. The quantitative estimate of drug-likeness (QED) is 0.305. The molecule has 0 rings (SSSR count). The van der Waals surface area contributed by atoms with Crippen molar-refractivity contribution in [3.8, 4) is 0 Å². The number of amidine groups is 1. The zero-order valence-corrected chi connectivity index (χ0v) is 4.10. The van der Waals surface area contributed by atoms with Crippen LogP contribution in [0.2, 0.25) is 0 Å². The van der Waals surface area contributed by atoms with Gasteiger partial charge in [-0.1, -0.05) is 0 Å². The van der Waals surface area contributed by atoms with E-state index in [9.17, 15) is 0 Å². The highest BCUT2D eigenvalue weighted by Crippen LogP contribution is 1.69. The third kappa shape index (κ3) is 1.64. The molecule has 0 aliphatic rings. The lowest BCUT2D eigenvalue weighted by Crippen LogP contribution is -1.78. The van der Waals surface area contributed by atoms with Crippen molar-refractivity contribution in [2.75, 3.05) is 7.05 Å². The van der Waals surface area contributed by atoms with E-state index < -0.39 is 0 Å². The average molecular weight is 84.1 g/mol. The normalized spacial score (nSPS) is 11.3. The van der Waals surface area contributed by atoms with Crippen molar-refractivity contribution in [1.82, 2.24) is 0 Å². The molecule has 0 N–H and O–H groups in total. The highest BCUT2D eigenvalue weighted by molar-refractivity contribution is 5.83. The zero-order chi connectivity index (χ0) is 4.99. The maximum atomic E-state index is 3.69. The van der Waals surface area contributed by atoms with E-state index >= 15 is 0 Å². The van der Waals surface area contributed by atoms with Gasteiger partial charge in [0.2, 0.25) is 0 Å². The van der Waals surface area contributed by atoms with Crippen molar-refractivity contribution >= 4 is 12.6 Å². The molecule has 0 heterocycles. The molecule has 0 aromatic heterocycles. The van der Waals surface area contributed by atoms with Gasteiger partial charge in [0.15, 0.2) is 0 Å². The van der Waals surface area contributed by atoms with Gasteiger partial charge in [-0.05, 0) is 13.6 Å². The SMILES string of the molecule is C=NC(C)=NC. The highest BCUT2D eigenvalue weighted by Gasteiger charge is 1.69. The first-order valence-electron chi connectivity index (χ1n) is 1.71. The van der Waals surface area contributed by atoms with Crippen LogP contribution < -0.4 is 0 Å². The number of hydrogen-bond acceptors (Lipinski definition) is 1. The van der Waals surface area contributed by atoms with Gasteiger partial charge >= 0.3 is 0 Å². The maximum Gasteiger partial charge on any atom is 0.119 e. The van der Waals surface area contributed by atoms with Crippen LogP contribution in [0.3, 0.4) is 0 Å². The zero-order valence-electron chi connectivity index (χ0n) is 4.10. The van der Waals surface area contributed by atoms with Gasteiger partial charge in [-0.25, -0.2) is 4.99 Å². The first-order chi connectivity index (χ1) is 2.81. The van der Waals surface area contributed by atoms with Crippen LogP contribution in [0, 0.1) is 0 Å². The lowest BCUT2D eigenvalue weighted by atomic mass is 10.7. The van der Waals surface area contributed by atoms with Crippen LogP contribution in [0.4, 0.5) is 0 Å². The van der Waals surface area contributed by atoms with Crippen molar-refractivity contribution < 1.29 is 0 Å². The maximum absolute atomic E-state index is 3.69. The summed E-state index contributed by atoms with van der Waals surface area (Å²) in [6, 6.07) is 0. The minimum atomic E-state index is 0.731. The van der Waals surface area contributed by atoms with E-state index in [1.807, 2.05) is 0 Å². The molecule has 0 aliphatic heterocycles. The average Bonchev–Trinajstić information content (AvgIpc) is 1.65. The second-order valence-corrected chi connectivity index (χ2v) is 0.929. The van der Waals surface area contributed by atoms with E-state index in [1.165, 1.54) is 0 Å². The van der Waals surface area contributed by atoms with Crippen LogP contribution in [0.5, 0.6) is 0 Å². The Labute approximate surface area is 37.6 Å². The molecule has 0 radical (unpaired) electrons. The molecular formula is C4H8N2. The number of aliphatic imine (C=N–C) groups is 2. The summed E-state index contributed by atoms with van der Waals surface area (Å²) in [5, 5.41) is 0. The van der Waals surface area contributed by atoms with Crippen LogP contribution >= 0.6 is 0 Å². The summed E-state index contributed by atoms with van der Waals surface area (Å²) < 4.78 is 0. The largest absolute Gasteiger partial charge is 0.274 e. The second-order valence-electron chi connectivity index (χ2n) is 0.929. The Morgan fingerprint density at radius 3 is 2.17 bits per heavy atom. The van der Waals surface area contributed by atoms with E-state index in [4.69, 9.17) is 0 Å². The van der Waals surface area contributed by atoms with E-state index in [0.717, 1.165) is 5.84 Å². The molecule has 34 valence electrons. The molecule has 0 saturated heterocycles. The van der Waals surface area contributed by atoms with Gasteiger partial charge in [0.1, 0.15) is 5.84 Å². The Balaban J connectivity index is 3.50. The minimum Gasteiger partial charge on any atom is -0.274 e.